The van der Waals surface area contributed by atoms with E-state index in [0.29, 0.717) is 0 Å². The Morgan fingerprint density at radius 3 is 2.08 bits per heavy atom. The van der Waals surface area contributed by atoms with Gasteiger partial charge >= 0.3 is 0 Å². The van der Waals surface area contributed by atoms with Crippen molar-refractivity contribution in [2.45, 2.75) is 53.0 Å². The van der Waals surface area contributed by atoms with E-state index in [2.05, 4.69) is 34.7 Å². The fourth-order valence-electron chi connectivity index (χ4n) is 1.65. The lowest BCUT2D eigenvalue weighted by Gasteiger charge is -2.39. The summed E-state index contributed by atoms with van der Waals surface area (Å²) in [5.41, 5.74) is 0. The second-order valence-electron chi connectivity index (χ2n) is 4.13. The molecule has 0 aromatic rings. The van der Waals surface area contributed by atoms with Crippen molar-refractivity contribution in [3.8, 4) is 0 Å². The zero-order valence-electron chi connectivity index (χ0n) is 9.56. The first kappa shape index (κ1) is 12.0. The van der Waals surface area contributed by atoms with E-state index in [-0.39, 0.29) is 0 Å². The van der Waals surface area contributed by atoms with E-state index < -0.39 is 0 Å². The molecule has 0 saturated heterocycles. The van der Waals surface area contributed by atoms with Crippen molar-refractivity contribution in [3.05, 3.63) is 0 Å². The largest absolute Gasteiger partial charge is 0.324 e. The highest BCUT2D eigenvalue weighted by atomic mass is 15.3. The average Bonchev–Trinajstić information content (AvgIpc) is 2.12. The molecule has 0 aliphatic carbocycles. The van der Waals surface area contributed by atoms with Crippen LogP contribution in [0.3, 0.4) is 0 Å². The maximum atomic E-state index is 2.39. The molecule has 74 valence electrons. The van der Waals surface area contributed by atoms with Gasteiger partial charge in [-0.2, -0.15) is 0 Å². The van der Waals surface area contributed by atoms with E-state index in [0.717, 1.165) is 6.04 Å². The fraction of sp³-hybridized carbons (Fsp3) is 1.00. The Labute approximate surface area is 78.4 Å². The maximum Gasteiger partial charge on any atom is 0.0856 e. The quantitative estimate of drug-likeness (QED) is 0.540. The molecule has 1 nitrogen and oxygen atoms in total. The van der Waals surface area contributed by atoms with Gasteiger partial charge in [0.1, 0.15) is 0 Å². The lowest BCUT2D eigenvalue weighted by Crippen LogP contribution is -2.51. The molecule has 2 unspecified atom stereocenters. The van der Waals surface area contributed by atoms with Crippen molar-refractivity contribution in [1.82, 2.24) is 0 Å². The van der Waals surface area contributed by atoms with E-state index in [1.807, 2.05) is 0 Å². The maximum absolute atomic E-state index is 2.39. The highest BCUT2D eigenvalue weighted by Crippen LogP contribution is 2.14. The van der Waals surface area contributed by atoms with Crippen molar-refractivity contribution < 1.29 is 4.48 Å². The SMILES string of the molecule is CCCC[N+](C)(CC)C(C)CC. The van der Waals surface area contributed by atoms with Gasteiger partial charge in [0.05, 0.1) is 26.2 Å². The molecule has 0 saturated carbocycles. The lowest BCUT2D eigenvalue weighted by atomic mass is 10.1. The van der Waals surface area contributed by atoms with Gasteiger partial charge < -0.3 is 4.48 Å². The molecule has 0 N–H and O–H groups in total. The van der Waals surface area contributed by atoms with Gasteiger partial charge in [-0.3, -0.25) is 0 Å². The van der Waals surface area contributed by atoms with Crippen molar-refractivity contribution in [2.75, 3.05) is 20.1 Å². The summed E-state index contributed by atoms with van der Waals surface area (Å²) in [6.07, 6.45) is 3.99. The second kappa shape index (κ2) is 5.58. The second-order valence-corrected chi connectivity index (χ2v) is 4.13. The molecule has 0 fully saturated rings. The lowest BCUT2D eigenvalue weighted by molar-refractivity contribution is -0.930. The molecule has 0 spiro atoms. The zero-order valence-corrected chi connectivity index (χ0v) is 9.56. The summed E-state index contributed by atoms with van der Waals surface area (Å²) in [7, 11) is 2.39. The van der Waals surface area contributed by atoms with Crippen LogP contribution in [0.15, 0.2) is 0 Å². The van der Waals surface area contributed by atoms with Crippen LogP contribution in [-0.2, 0) is 0 Å². The Hall–Kier alpha value is -0.0400. The molecule has 0 aromatic heterocycles. The highest BCUT2D eigenvalue weighted by Gasteiger charge is 2.24. The van der Waals surface area contributed by atoms with Crippen molar-refractivity contribution in [2.24, 2.45) is 0 Å². The van der Waals surface area contributed by atoms with Crippen LogP contribution in [0, 0.1) is 0 Å². The first-order valence-electron chi connectivity index (χ1n) is 5.44. The summed E-state index contributed by atoms with van der Waals surface area (Å²) in [4.78, 5) is 0. The van der Waals surface area contributed by atoms with E-state index in [1.165, 1.54) is 36.8 Å². The predicted octanol–water partition coefficient (Wildman–Crippen LogP) is 3.05. The topological polar surface area (TPSA) is 0 Å². The average molecular weight is 172 g/mol. The summed E-state index contributed by atoms with van der Waals surface area (Å²) in [6.45, 7) is 11.9. The molecular weight excluding hydrogens is 146 g/mol. The summed E-state index contributed by atoms with van der Waals surface area (Å²) in [5.74, 6) is 0. The van der Waals surface area contributed by atoms with Gasteiger partial charge in [0.15, 0.2) is 0 Å². The van der Waals surface area contributed by atoms with Crippen LogP contribution in [0.1, 0.15) is 47.0 Å². The Morgan fingerprint density at radius 2 is 1.75 bits per heavy atom. The van der Waals surface area contributed by atoms with Crippen molar-refractivity contribution >= 4 is 0 Å². The van der Waals surface area contributed by atoms with Crippen molar-refractivity contribution in [1.29, 1.82) is 0 Å². The van der Waals surface area contributed by atoms with E-state index in [1.54, 1.807) is 0 Å². The summed E-state index contributed by atoms with van der Waals surface area (Å²) in [5, 5.41) is 0. The first-order valence-corrected chi connectivity index (χ1v) is 5.44. The molecule has 0 amide bonds. The molecule has 0 bridgehead atoms. The Bertz CT molecular complexity index is 112. The Balaban J connectivity index is 4.03. The molecule has 12 heavy (non-hydrogen) atoms. The smallest absolute Gasteiger partial charge is 0.0856 e. The molecule has 0 rings (SSSR count). The molecule has 0 aliphatic rings. The number of hydrogen-bond donors (Lipinski definition) is 0. The number of unbranched alkanes of at least 4 members (excludes halogenated alkanes) is 1. The van der Waals surface area contributed by atoms with Gasteiger partial charge in [-0.15, -0.1) is 0 Å². The van der Waals surface area contributed by atoms with E-state index >= 15 is 0 Å². The molecular formula is C11H26N+. The van der Waals surface area contributed by atoms with Gasteiger partial charge in [0.25, 0.3) is 0 Å². The van der Waals surface area contributed by atoms with Gasteiger partial charge in [0, 0.05) is 0 Å². The number of hydrogen-bond acceptors (Lipinski definition) is 0. The van der Waals surface area contributed by atoms with Crippen LogP contribution < -0.4 is 0 Å². The standard InChI is InChI=1S/C11H26N/c1-6-9-10-12(5,8-3)11(4)7-2/h11H,6-10H2,1-5H3/q+1. The highest BCUT2D eigenvalue weighted by molar-refractivity contribution is 4.49. The number of nitrogens with zero attached hydrogens (tertiary/aromatic N) is 1. The molecule has 2 atom stereocenters. The fourth-order valence-corrected chi connectivity index (χ4v) is 1.65. The van der Waals surface area contributed by atoms with Crippen LogP contribution in [0.25, 0.3) is 0 Å². The monoisotopic (exact) mass is 172 g/mol. The molecule has 0 aliphatic heterocycles. The molecule has 1 heteroatoms. The van der Waals surface area contributed by atoms with Crippen LogP contribution >= 0.6 is 0 Å². The van der Waals surface area contributed by atoms with E-state index in [4.69, 9.17) is 0 Å². The third kappa shape index (κ3) is 3.14. The molecule has 0 radical (unpaired) electrons. The minimum Gasteiger partial charge on any atom is -0.324 e. The summed E-state index contributed by atoms with van der Waals surface area (Å²) >= 11 is 0. The van der Waals surface area contributed by atoms with Crippen LogP contribution in [0.5, 0.6) is 0 Å². The van der Waals surface area contributed by atoms with E-state index in [9.17, 15) is 0 Å². The number of quaternary nitrogens is 1. The number of rotatable bonds is 6. The van der Waals surface area contributed by atoms with Crippen LogP contribution in [0.2, 0.25) is 0 Å². The first-order chi connectivity index (χ1) is 5.60. The summed E-state index contributed by atoms with van der Waals surface area (Å²) < 4.78 is 1.25. The predicted molar refractivity (Wildman–Crippen MR) is 56.3 cm³/mol. The molecule has 0 aromatic carbocycles. The summed E-state index contributed by atoms with van der Waals surface area (Å²) in [6, 6.07) is 0.821. The minimum absolute atomic E-state index is 0.821. The third-order valence-corrected chi connectivity index (χ3v) is 3.40. The van der Waals surface area contributed by atoms with Crippen LogP contribution in [-0.4, -0.2) is 30.7 Å². The van der Waals surface area contributed by atoms with Crippen molar-refractivity contribution in [3.63, 3.8) is 0 Å². The molecule has 0 heterocycles. The minimum atomic E-state index is 0.821. The normalized spacial score (nSPS) is 18.8. The Kier molecular flexibility index (Phi) is 5.56. The van der Waals surface area contributed by atoms with Gasteiger partial charge in [0.2, 0.25) is 0 Å². The van der Waals surface area contributed by atoms with Gasteiger partial charge in [-0.25, -0.2) is 0 Å². The Morgan fingerprint density at radius 1 is 1.17 bits per heavy atom. The zero-order chi connectivity index (χ0) is 9.61. The van der Waals surface area contributed by atoms with Gasteiger partial charge in [-0.1, -0.05) is 20.3 Å². The van der Waals surface area contributed by atoms with Gasteiger partial charge in [-0.05, 0) is 26.7 Å². The van der Waals surface area contributed by atoms with Crippen LogP contribution in [0.4, 0.5) is 0 Å². The third-order valence-electron chi connectivity index (χ3n) is 3.40.